The Bertz CT molecular complexity index is 586. The molecule has 0 bridgehead atoms. The summed E-state index contributed by atoms with van der Waals surface area (Å²) >= 11 is 0. The van der Waals surface area contributed by atoms with Crippen LogP contribution in [0.25, 0.3) is 0 Å². The van der Waals surface area contributed by atoms with Crippen LogP contribution in [0, 0.1) is 5.82 Å². The lowest BCUT2D eigenvalue weighted by Gasteiger charge is -2.33. The van der Waals surface area contributed by atoms with Crippen molar-refractivity contribution in [2.75, 3.05) is 32.8 Å². The van der Waals surface area contributed by atoms with Gasteiger partial charge in [0.15, 0.2) is 17.5 Å². The second kappa shape index (κ2) is 11.8. The van der Waals surface area contributed by atoms with Crippen LogP contribution in [0.3, 0.4) is 0 Å². The Balaban J connectivity index is 1.88. The number of rotatable bonds is 9. The number of piperidine rings is 1. The third-order valence-corrected chi connectivity index (χ3v) is 4.82. The summed E-state index contributed by atoms with van der Waals surface area (Å²) in [5, 5.41) is 6.84. The van der Waals surface area contributed by atoms with Gasteiger partial charge in [0.05, 0.1) is 13.2 Å². The first-order valence-electron chi connectivity index (χ1n) is 10.3. The molecular formula is C21H35FN4O. The van der Waals surface area contributed by atoms with Crippen LogP contribution in [0.15, 0.2) is 23.2 Å². The molecule has 0 atom stereocenters. The van der Waals surface area contributed by atoms with Gasteiger partial charge in [-0.05, 0) is 57.4 Å². The molecule has 0 aromatic heterocycles. The van der Waals surface area contributed by atoms with E-state index in [2.05, 4.69) is 34.4 Å². The van der Waals surface area contributed by atoms with Gasteiger partial charge in [0.2, 0.25) is 0 Å². The third kappa shape index (κ3) is 7.37. The number of hydrogen-bond acceptors (Lipinski definition) is 3. The molecular weight excluding hydrogens is 343 g/mol. The van der Waals surface area contributed by atoms with Crippen molar-refractivity contribution in [1.29, 1.82) is 0 Å². The van der Waals surface area contributed by atoms with Crippen molar-refractivity contribution in [2.45, 2.75) is 59.0 Å². The first-order chi connectivity index (χ1) is 13.2. The van der Waals surface area contributed by atoms with Gasteiger partial charge in [-0.25, -0.2) is 9.38 Å². The highest BCUT2D eigenvalue weighted by molar-refractivity contribution is 5.80. The second-order valence-electron chi connectivity index (χ2n) is 7.01. The lowest BCUT2D eigenvalue weighted by atomic mass is 10.0. The summed E-state index contributed by atoms with van der Waals surface area (Å²) in [6, 6.07) is 5.49. The number of hydrogen-bond donors (Lipinski definition) is 2. The molecule has 1 aliphatic heterocycles. The molecule has 0 aliphatic carbocycles. The van der Waals surface area contributed by atoms with Crippen molar-refractivity contribution >= 4 is 5.96 Å². The van der Waals surface area contributed by atoms with Gasteiger partial charge in [-0.2, -0.15) is 0 Å². The Morgan fingerprint density at radius 1 is 1.26 bits per heavy atom. The molecule has 1 aromatic rings. The first-order valence-corrected chi connectivity index (χ1v) is 10.3. The van der Waals surface area contributed by atoms with E-state index in [1.807, 2.05) is 13.0 Å². The van der Waals surface area contributed by atoms with Gasteiger partial charge in [-0.3, -0.25) is 0 Å². The van der Waals surface area contributed by atoms with Gasteiger partial charge >= 0.3 is 0 Å². The van der Waals surface area contributed by atoms with Gasteiger partial charge in [-0.1, -0.05) is 19.4 Å². The average molecular weight is 379 g/mol. The highest BCUT2D eigenvalue weighted by atomic mass is 19.1. The van der Waals surface area contributed by atoms with Crippen LogP contribution in [0.1, 0.15) is 52.0 Å². The molecule has 152 valence electrons. The maximum Gasteiger partial charge on any atom is 0.191 e. The number of nitrogens with one attached hydrogen (secondary N) is 2. The summed E-state index contributed by atoms with van der Waals surface area (Å²) in [5.74, 6) is 0.769. The van der Waals surface area contributed by atoms with Gasteiger partial charge in [-0.15, -0.1) is 0 Å². The molecule has 2 N–H and O–H groups in total. The zero-order valence-electron chi connectivity index (χ0n) is 17.1. The van der Waals surface area contributed by atoms with E-state index >= 15 is 0 Å². The molecule has 0 amide bonds. The Morgan fingerprint density at radius 2 is 2.04 bits per heavy atom. The first kappa shape index (κ1) is 21.5. The number of benzene rings is 1. The van der Waals surface area contributed by atoms with E-state index in [9.17, 15) is 4.39 Å². The van der Waals surface area contributed by atoms with Crippen LogP contribution in [-0.4, -0.2) is 49.7 Å². The Labute approximate surface area is 163 Å². The number of aliphatic imine (C=N–C) groups is 1. The summed E-state index contributed by atoms with van der Waals surface area (Å²) in [5.41, 5.74) is 0.836. The molecule has 1 aromatic carbocycles. The van der Waals surface area contributed by atoms with E-state index in [-0.39, 0.29) is 5.82 Å². The summed E-state index contributed by atoms with van der Waals surface area (Å²) in [6.45, 7) is 11.3. The number of unbranched alkanes of at least 4 members (excludes halogenated alkanes) is 1. The molecule has 2 rings (SSSR count). The Hall–Kier alpha value is -1.82. The minimum absolute atomic E-state index is 0.296. The van der Waals surface area contributed by atoms with Crippen LogP contribution in [0.2, 0.25) is 0 Å². The predicted molar refractivity (Wildman–Crippen MR) is 110 cm³/mol. The number of halogens is 1. The largest absolute Gasteiger partial charge is 0.491 e. The van der Waals surface area contributed by atoms with E-state index in [1.165, 1.54) is 25.5 Å². The quantitative estimate of drug-likeness (QED) is 0.510. The van der Waals surface area contributed by atoms with Crippen LogP contribution in [-0.2, 0) is 6.54 Å². The van der Waals surface area contributed by atoms with Gasteiger partial charge in [0.25, 0.3) is 0 Å². The normalized spacial score (nSPS) is 16.4. The standard InChI is InChI=1S/C21H35FN4O/c1-4-7-12-26-13-10-18(11-14-26)25-21(23-5-2)24-16-17-8-9-20(27-6-3)19(22)15-17/h8-9,15,18H,4-7,10-14,16H2,1-3H3,(H2,23,24,25). The summed E-state index contributed by atoms with van der Waals surface area (Å²) in [7, 11) is 0. The second-order valence-corrected chi connectivity index (χ2v) is 7.01. The van der Waals surface area contributed by atoms with Crippen molar-refractivity contribution in [3.63, 3.8) is 0 Å². The van der Waals surface area contributed by atoms with E-state index in [4.69, 9.17) is 4.74 Å². The number of likely N-dealkylation sites (tertiary alicyclic amines) is 1. The minimum atomic E-state index is -0.332. The summed E-state index contributed by atoms with van der Waals surface area (Å²) in [6.07, 6.45) is 4.79. The van der Waals surface area contributed by atoms with Crippen LogP contribution in [0.5, 0.6) is 5.75 Å². The van der Waals surface area contributed by atoms with Gasteiger partial charge in [0.1, 0.15) is 0 Å². The van der Waals surface area contributed by atoms with Crippen molar-refractivity contribution in [3.8, 4) is 5.75 Å². The summed E-state index contributed by atoms with van der Waals surface area (Å²) in [4.78, 5) is 7.19. The number of guanidine groups is 1. The van der Waals surface area contributed by atoms with Gasteiger partial charge in [0, 0.05) is 25.7 Å². The van der Waals surface area contributed by atoms with Gasteiger partial charge < -0.3 is 20.3 Å². The average Bonchev–Trinajstić information content (AvgIpc) is 2.68. The molecule has 1 fully saturated rings. The smallest absolute Gasteiger partial charge is 0.191 e. The fourth-order valence-corrected chi connectivity index (χ4v) is 3.28. The topological polar surface area (TPSA) is 48.9 Å². The summed E-state index contributed by atoms with van der Waals surface area (Å²) < 4.78 is 19.2. The zero-order chi connectivity index (χ0) is 19.5. The zero-order valence-corrected chi connectivity index (χ0v) is 17.1. The number of ether oxygens (including phenoxy) is 1. The molecule has 27 heavy (non-hydrogen) atoms. The fourth-order valence-electron chi connectivity index (χ4n) is 3.28. The highest BCUT2D eigenvalue weighted by Crippen LogP contribution is 2.19. The molecule has 6 heteroatoms. The fraction of sp³-hybridized carbons (Fsp3) is 0.667. The van der Waals surface area contributed by atoms with E-state index in [0.717, 1.165) is 44.0 Å². The van der Waals surface area contributed by atoms with Crippen molar-refractivity contribution in [1.82, 2.24) is 15.5 Å². The highest BCUT2D eigenvalue weighted by Gasteiger charge is 2.19. The molecule has 0 radical (unpaired) electrons. The lowest BCUT2D eigenvalue weighted by Crippen LogP contribution is -2.48. The lowest BCUT2D eigenvalue weighted by molar-refractivity contribution is 0.203. The molecule has 0 unspecified atom stereocenters. The molecule has 1 aliphatic rings. The Morgan fingerprint density at radius 3 is 2.67 bits per heavy atom. The molecule has 0 saturated carbocycles. The van der Waals surface area contributed by atoms with E-state index in [0.29, 0.717) is 24.9 Å². The van der Waals surface area contributed by atoms with Crippen LogP contribution < -0.4 is 15.4 Å². The Kier molecular flexibility index (Phi) is 9.39. The SMILES string of the molecule is CCCCN1CCC(NC(=NCc2ccc(OCC)c(F)c2)NCC)CC1. The molecule has 0 spiro atoms. The number of nitrogens with zero attached hydrogens (tertiary/aromatic N) is 2. The molecule has 5 nitrogen and oxygen atoms in total. The van der Waals surface area contributed by atoms with Crippen molar-refractivity contribution < 1.29 is 9.13 Å². The van der Waals surface area contributed by atoms with E-state index < -0.39 is 0 Å². The minimum Gasteiger partial charge on any atom is -0.491 e. The van der Waals surface area contributed by atoms with E-state index in [1.54, 1.807) is 6.07 Å². The van der Waals surface area contributed by atoms with Crippen molar-refractivity contribution in [3.05, 3.63) is 29.6 Å². The van der Waals surface area contributed by atoms with Crippen molar-refractivity contribution in [2.24, 2.45) is 4.99 Å². The predicted octanol–water partition coefficient (Wildman–Crippen LogP) is 3.54. The molecule has 1 saturated heterocycles. The van der Waals surface area contributed by atoms with Crippen LogP contribution in [0.4, 0.5) is 4.39 Å². The maximum absolute atomic E-state index is 14.0. The monoisotopic (exact) mass is 378 g/mol. The maximum atomic E-state index is 14.0. The van der Waals surface area contributed by atoms with Crippen LogP contribution >= 0.6 is 0 Å². The molecule has 1 heterocycles. The third-order valence-electron chi connectivity index (χ3n) is 4.82.